The molecule has 1 saturated carbocycles. The van der Waals surface area contributed by atoms with E-state index in [2.05, 4.69) is 20.8 Å². The summed E-state index contributed by atoms with van der Waals surface area (Å²) in [5.74, 6) is 0.970. The first kappa shape index (κ1) is 21.5. The van der Waals surface area contributed by atoms with Crippen LogP contribution in [0.4, 0.5) is 22.0 Å². The topological polar surface area (TPSA) is 116 Å². The Kier molecular flexibility index (Phi) is 5.83. The lowest BCUT2D eigenvalue weighted by Gasteiger charge is -2.16. The van der Waals surface area contributed by atoms with Gasteiger partial charge >= 0.3 is 6.09 Å². The second-order valence-corrected chi connectivity index (χ2v) is 10.5. The normalized spacial score (nSPS) is 20.7. The van der Waals surface area contributed by atoms with Crippen LogP contribution < -0.4 is 14.9 Å². The number of ether oxygens (including phenoxy) is 1. The Morgan fingerprint density at radius 1 is 1.29 bits per heavy atom. The van der Waals surface area contributed by atoms with Gasteiger partial charge in [0.2, 0.25) is 10.0 Å². The van der Waals surface area contributed by atoms with E-state index in [-0.39, 0.29) is 24.2 Å². The lowest BCUT2D eigenvalue weighted by molar-refractivity contribution is 0.0981. The minimum Gasteiger partial charge on any atom is -0.446 e. The van der Waals surface area contributed by atoms with Gasteiger partial charge in [0, 0.05) is 36.0 Å². The summed E-state index contributed by atoms with van der Waals surface area (Å²) in [6, 6.07) is 7.71. The quantitative estimate of drug-likeness (QED) is 0.626. The van der Waals surface area contributed by atoms with Gasteiger partial charge in [0.05, 0.1) is 11.9 Å². The van der Waals surface area contributed by atoms with Crippen molar-refractivity contribution in [1.29, 1.82) is 0 Å². The lowest BCUT2D eigenvalue weighted by Crippen LogP contribution is -2.33. The summed E-state index contributed by atoms with van der Waals surface area (Å²) in [5, 5.41) is 13.5. The van der Waals surface area contributed by atoms with Crippen LogP contribution in [0.3, 0.4) is 0 Å². The third-order valence-electron chi connectivity index (χ3n) is 5.71. The zero-order valence-electron chi connectivity index (χ0n) is 18.0. The number of rotatable bonds is 6. The molecule has 0 unspecified atom stereocenters. The second-order valence-electron chi connectivity index (χ2n) is 8.60. The Hall–Kier alpha value is -2.75. The fourth-order valence-electron chi connectivity index (χ4n) is 4.30. The van der Waals surface area contributed by atoms with Gasteiger partial charge in [0.15, 0.2) is 5.82 Å². The fraction of sp³-hybridized carbons (Fsp3) is 0.524. The lowest BCUT2D eigenvalue weighted by atomic mass is 10.0. The summed E-state index contributed by atoms with van der Waals surface area (Å²) in [5.41, 5.74) is 3.63. The van der Waals surface area contributed by atoms with E-state index in [1.807, 2.05) is 38.1 Å². The molecule has 1 aromatic carbocycles. The van der Waals surface area contributed by atoms with Crippen molar-refractivity contribution >= 4 is 33.3 Å². The number of fused-ring (bicyclic) bond motifs is 1. The van der Waals surface area contributed by atoms with Crippen LogP contribution >= 0.6 is 0 Å². The molecule has 0 saturated heterocycles. The van der Waals surface area contributed by atoms with E-state index in [0.717, 1.165) is 41.9 Å². The van der Waals surface area contributed by atoms with Crippen LogP contribution in [0.1, 0.15) is 50.3 Å². The van der Waals surface area contributed by atoms with E-state index >= 15 is 0 Å². The van der Waals surface area contributed by atoms with Crippen molar-refractivity contribution in [3.05, 3.63) is 35.5 Å². The number of benzene rings is 1. The summed E-state index contributed by atoms with van der Waals surface area (Å²) in [6.07, 6.45) is 4.01. The third kappa shape index (κ3) is 4.95. The molecule has 3 N–H and O–H groups in total. The first-order valence-electron chi connectivity index (χ1n) is 10.6. The average Bonchev–Trinajstić information content (AvgIpc) is 3.39. The molecular formula is C21H29N5O4S. The second kappa shape index (κ2) is 8.41. The van der Waals surface area contributed by atoms with Crippen molar-refractivity contribution in [3.8, 4) is 0 Å². The predicted molar refractivity (Wildman–Crippen MR) is 119 cm³/mol. The summed E-state index contributed by atoms with van der Waals surface area (Å²) in [4.78, 5) is 11.8. The molecule has 1 aliphatic heterocycles. The van der Waals surface area contributed by atoms with Crippen molar-refractivity contribution < 1.29 is 17.9 Å². The first-order valence-corrected chi connectivity index (χ1v) is 12.4. The van der Waals surface area contributed by atoms with Crippen LogP contribution in [0.5, 0.6) is 0 Å². The van der Waals surface area contributed by atoms with Gasteiger partial charge in [-0.25, -0.2) is 13.2 Å². The summed E-state index contributed by atoms with van der Waals surface area (Å²) in [6.45, 7) is 4.28. The minimum atomic E-state index is -3.25. The van der Waals surface area contributed by atoms with E-state index in [1.165, 1.54) is 10.6 Å². The van der Waals surface area contributed by atoms with Crippen LogP contribution in [0.2, 0.25) is 0 Å². The van der Waals surface area contributed by atoms with Gasteiger partial charge in [-0.15, -0.1) is 0 Å². The molecule has 0 spiro atoms. The highest BCUT2D eigenvalue weighted by Crippen LogP contribution is 2.37. The van der Waals surface area contributed by atoms with Crippen LogP contribution in [-0.4, -0.2) is 49.7 Å². The molecule has 0 bridgehead atoms. The number of anilines is 3. The number of H-pyrrole nitrogens is 1. The number of aromatic nitrogens is 2. The van der Waals surface area contributed by atoms with Gasteiger partial charge in [-0.05, 0) is 63.3 Å². The van der Waals surface area contributed by atoms with Crippen LogP contribution in [-0.2, 0) is 21.2 Å². The SMILES string of the molecule is CC(C)NC(=O)O[C@@H]1CC[C@H](c2cc(Nc3ccc4c(c3)CCN4S(C)(=O)=O)n[nH]2)C1. The smallest absolute Gasteiger partial charge is 0.407 e. The number of nitrogens with one attached hydrogen (secondary N) is 3. The number of sulfonamides is 1. The molecule has 2 aromatic rings. The summed E-state index contributed by atoms with van der Waals surface area (Å²) in [7, 11) is -3.25. The van der Waals surface area contributed by atoms with Crippen LogP contribution in [0.15, 0.2) is 24.3 Å². The predicted octanol–water partition coefficient (Wildman–Crippen LogP) is 3.25. The molecule has 10 heteroatoms. The molecular weight excluding hydrogens is 418 g/mol. The number of amides is 1. The van der Waals surface area contributed by atoms with Gasteiger partial charge < -0.3 is 15.4 Å². The maximum atomic E-state index is 11.9. The Bertz CT molecular complexity index is 1070. The van der Waals surface area contributed by atoms with Gasteiger partial charge in [-0.1, -0.05) is 0 Å². The number of nitrogens with zero attached hydrogens (tertiary/aromatic N) is 2. The summed E-state index contributed by atoms with van der Waals surface area (Å²) >= 11 is 0. The molecule has 9 nitrogen and oxygen atoms in total. The fourth-order valence-corrected chi connectivity index (χ4v) is 5.26. The highest BCUT2D eigenvalue weighted by atomic mass is 32.2. The molecule has 1 amide bonds. The minimum absolute atomic E-state index is 0.0552. The largest absolute Gasteiger partial charge is 0.446 e. The van der Waals surface area contributed by atoms with Gasteiger partial charge in [-0.2, -0.15) is 5.10 Å². The van der Waals surface area contributed by atoms with E-state index < -0.39 is 10.0 Å². The van der Waals surface area contributed by atoms with Crippen molar-refractivity contribution in [2.75, 3.05) is 22.4 Å². The zero-order valence-corrected chi connectivity index (χ0v) is 18.8. The molecule has 2 heterocycles. The maximum absolute atomic E-state index is 11.9. The van der Waals surface area contributed by atoms with Crippen molar-refractivity contribution in [3.63, 3.8) is 0 Å². The van der Waals surface area contributed by atoms with Crippen molar-refractivity contribution in [1.82, 2.24) is 15.5 Å². The zero-order chi connectivity index (χ0) is 22.2. The Morgan fingerprint density at radius 3 is 2.84 bits per heavy atom. The van der Waals surface area contributed by atoms with Gasteiger partial charge in [0.25, 0.3) is 0 Å². The average molecular weight is 448 g/mol. The number of hydrogen-bond donors (Lipinski definition) is 3. The molecule has 2 aliphatic rings. The van der Waals surface area contributed by atoms with Crippen LogP contribution in [0, 0.1) is 0 Å². The summed E-state index contributed by atoms with van der Waals surface area (Å²) < 4.78 is 30.7. The number of alkyl carbamates (subject to hydrolysis) is 1. The Balaban J connectivity index is 1.37. The van der Waals surface area contributed by atoms with Crippen molar-refractivity contribution in [2.45, 2.75) is 57.6 Å². The molecule has 2 atom stereocenters. The van der Waals surface area contributed by atoms with E-state index in [9.17, 15) is 13.2 Å². The highest BCUT2D eigenvalue weighted by Gasteiger charge is 2.30. The maximum Gasteiger partial charge on any atom is 0.407 e. The van der Waals surface area contributed by atoms with E-state index in [4.69, 9.17) is 4.74 Å². The number of carbonyl (C=O) groups excluding carboxylic acids is 1. The van der Waals surface area contributed by atoms with Gasteiger partial charge in [-0.3, -0.25) is 9.40 Å². The molecule has 1 aliphatic carbocycles. The molecule has 4 rings (SSSR count). The van der Waals surface area contributed by atoms with E-state index in [0.29, 0.717) is 18.8 Å². The number of carbonyl (C=O) groups is 1. The standard InChI is InChI=1S/C21H29N5O4S/c1-13(2)22-21(27)30-17-6-4-14(11-17)18-12-20(25-24-18)23-16-5-7-19-15(10-16)8-9-26(19)31(3,28)29/h5,7,10,12-14,17H,4,6,8-9,11H2,1-3H3,(H,22,27)(H2,23,24,25)/t14-,17+/m0/s1. The molecule has 1 fully saturated rings. The monoisotopic (exact) mass is 447 g/mol. The van der Waals surface area contributed by atoms with Crippen molar-refractivity contribution in [2.24, 2.45) is 0 Å². The Morgan fingerprint density at radius 2 is 2.10 bits per heavy atom. The Labute approximate surface area is 182 Å². The van der Waals surface area contributed by atoms with E-state index in [1.54, 1.807) is 0 Å². The third-order valence-corrected chi connectivity index (χ3v) is 6.89. The number of hydrogen-bond acceptors (Lipinski definition) is 6. The highest BCUT2D eigenvalue weighted by molar-refractivity contribution is 7.92. The number of aromatic amines is 1. The molecule has 31 heavy (non-hydrogen) atoms. The molecule has 1 aromatic heterocycles. The molecule has 0 radical (unpaired) electrons. The molecule has 168 valence electrons. The van der Waals surface area contributed by atoms with Crippen LogP contribution in [0.25, 0.3) is 0 Å². The first-order chi connectivity index (χ1) is 14.7. The van der Waals surface area contributed by atoms with Gasteiger partial charge in [0.1, 0.15) is 6.10 Å².